The molecule has 0 bridgehead atoms. The van der Waals surface area contributed by atoms with Crippen molar-refractivity contribution in [2.45, 2.75) is 50.0 Å². The minimum atomic E-state index is -0.468. The average molecular weight is 312 g/mol. The van der Waals surface area contributed by atoms with E-state index in [4.69, 9.17) is 0 Å². The Morgan fingerprint density at radius 3 is 2.52 bits per heavy atom. The summed E-state index contributed by atoms with van der Waals surface area (Å²) in [5.74, 6) is 0.133. The van der Waals surface area contributed by atoms with E-state index in [1.807, 2.05) is 35.2 Å². The van der Waals surface area contributed by atoms with E-state index in [0.29, 0.717) is 32.4 Å². The molecule has 0 unspecified atom stereocenters. The van der Waals surface area contributed by atoms with E-state index >= 15 is 0 Å². The Labute approximate surface area is 137 Å². The van der Waals surface area contributed by atoms with E-state index in [-0.39, 0.29) is 17.9 Å². The number of hydrogen-bond donors (Lipinski definition) is 1. The number of nitrogens with zero attached hydrogens (tertiary/aromatic N) is 2. The molecule has 3 rings (SSSR count). The van der Waals surface area contributed by atoms with Crippen molar-refractivity contribution in [2.75, 3.05) is 13.1 Å². The Bertz CT molecular complexity index is 585. The molecule has 4 heteroatoms. The molecule has 1 aromatic carbocycles. The number of carbonyl (C=O) groups excluding carboxylic acids is 1. The van der Waals surface area contributed by atoms with Gasteiger partial charge in [-0.3, -0.25) is 4.79 Å². The van der Waals surface area contributed by atoms with Crippen LogP contribution in [0.2, 0.25) is 0 Å². The van der Waals surface area contributed by atoms with Gasteiger partial charge in [-0.25, -0.2) is 0 Å². The largest absolute Gasteiger partial charge is 0.393 e. The molecule has 1 saturated carbocycles. The fourth-order valence-electron chi connectivity index (χ4n) is 3.98. The van der Waals surface area contributed by atoms with E-state index in [1.54, 1.807) is 0 Å². The van der Waals surface area contributed by atoms with Crippen LogP contribution in [0.3, 0.4) is 0 Å². The van der Waals surface area contributed by atoms with Gasteiger partial charge in [-0.1, -0.05) is 36.8 Å². The zero-order valence-corrected chi connectivity index (χ0v) is 13.4. The summed E-state index contributed by atoms with van der Waals surface area (Å²) in [6, 6.07) is 12.4. The standard InChI is InChI=1S/C19H24N2O2/c20-14-19(16-6-2-1-3-7-16)9-11-21(12-10-19)18(23)15-5-4-8-17(22)13-15/h1-3,6-7,15,17,22H,4-5,8-13H2/t15-,17-/m1/s1. The molecule has 1 amide bonds. The first kappa shape index (κ1) is 16.0. The second-order valence-electron chi connectivity index (χ2n) is 6.90. The van der Waals surface area contributed by atoms with Crippen molar-refractivity contribution in [3.8, 4) is 6.07 Å². The van der Waals surface area contributed by atoms with Crippen LogP contribution in [0.25, 0.3) is 0 Å². The van der Waals surface area contributed by atoms with Crippen molar-refractivity contribution >= 4 is 5.91 Å². The number of amides is 1. The fraction of sp³-hybridized carbons (Fsp3) is 0.579. The molecule has 0 aromatic heterocycles. The van der Waals surface area contributed by atoms with Crippen LogP contribution in [0.5, 0.6) is 0 Å². The quantitative estimate of drug-likeness (QED) is 0.913. The van der Waals surface area contributed by atoms with Crippen molar-refractivity contribution in [1.82, 2.24) is 4.90 Å². The number of hydrogen-bond acceptors (Lipinski definition) is 3. The maximum absolute atomic E-state index is 12.7. The Morgan fingerprint density at radius 1 is 1.22 bits per heavy atom. The number of likely N-dealkylation sites (tertiary alicyclic amines) is 1. The van der Waals surface area contributed by atoms with E-state index in [9.17, 15) is 15.2 Å². The maximum atomic E-state index is 12.7. The van der Waals surface area contributed by atoms with Crippen LogP contribution < -0.4 is 0 Å². The minimum Gasteiger partial charge on any atom is -0.393 e. The monoisotopic (exact) mass is 312 g/mol. The second kappa shape index (κ2) is 6.72. The summed E-state index contributed by atoms with van der Waals surface area (Å²) in [6.07, 6.45) is 4.27. The summed E-state index contributed by atoms with van der Waals surface area (Å²) in [4.78, 5) is 14.6. The maximum Gasteiger partial charge on any atom is 0.225 e. The van der Waals surface area contributed by atoms with Gasteiger partial charge >= 0.3 is 0 Å². The number of aliphatic hydroxyl groups is 1. The topological polar surface area (TPSA) is 64.3 Å². The Kier molecular flexibility index (Phi) is 4.68. The number of aliphatic hydroxyl groups excluding tert-OH is 1. The molecule has 4 nitrogen and oxygen atoms in total. The van der Waals surface area contributed by atoms with E-state index in [1.165, 1.54) is 0 Å². The predicted octanol–water partition coefficient (Wildman–Crippen LogP) is 2.62. The number of rotatable bonds is 2. The van der Waals surface area contributed by atoms with Crippen LogP contribution in [-0.2, 0) is 10.2 Å². The first-order valence-corrected chi connectivity index (χ1v) is 8.58. The molecule has 2 atom stereocenters. The average Bonchev–Trinajstić information content (AvgIpc) is 2.62. The van der Waals surface area contributed by atoms with Gasteiger partial charge < -0.3 is 10.0 Å². The molecule has 2 fully saturated rings. The van der Waals surface area contributed by atoms with E-state index in [2.05, 4.69) is 6.07 Å². The van der Waals surface area contributed by atoms with Gasteiger partial charge in [0.1, 0.15) is 0 Å². The number of carbonyl (C=O) groups is 1. The van der Waals surface area contributed by atoms with Gasteiger partial charge in [0.15, 0.2) is 0 Å². The molecule has 1 heterocycles. The molecular weight excluding hydrogens is 288 g/mol. The van der Waals surface area contributed by atoms with Crippen LogP contribution >= 0.6 is 0 Å². The second-order valence-corrected chi connectivity index (χ2v) is 6.90. The van der Waals surface area contributed by atoms with Crippen LogP contribution in [-0.4, -0.2) is 35.1 Å². The van der Waals surface area contributed by atoms with Crippen LogP contribution in [0.1, 0.15) is 44.1 Å². The van der Waals surface area contributed by atoms with Gasteiger partial charge in [-0.15, -0.1) is 0 Å². The Morgan fingerprint density at radius 2 is 1.91 bits per heavy atom. The molecule has 1 N–H and O–H groups in total. The third-order valence-electron chi connectivity index (χ3n) is 5.46. The molecule has 2 aliphatic rings. The lowest BCUT2D eigenvalue weighted by Gasteiger charge is -2.39. The predicted molar refractivity (Wildman–Crippen MR) is 87.5 cm³/mol. The third kappa shape index (κ3) is 3.25. The van der Waals surface area contributed by atoms with Gasteiger partial charge in [0.2, 0.25) is 5.91 Å². The lowest BCUT2D eigenvalue weighted by Crippen LogP contribution is -2.47. The summed E-state index contributed by atoms with van der Waals surface area (Å²) in [6.45, 7) is 1.27. The van der Waals surface area contributed by atoms with Gasteiger partial charge in [-0.05, 0) is 37.7 Å². The van der Waals surface area contributed by atoms with Gasteiger partial charge in [0.05, 0.1) is 17.6 Å². The van der Waals surface area contributed by atoms with E-state index in [0.717, 1.165) is 24.8 Å². The Hall–Kier alpha value is -1.86. The summed E-state index contributed by atoms with van der Waals surface area (Å²) < 4.78 is 0. The van der Waals surface area contributed by atoms with Crippen molar-refractivity contribution in [3.63, 3.8) is 0 Å². The summed E-state index contributed by atoms with van der Waals surface area (Å²) in [5, 5.41) is 19.5. The Balaban J connectivity index is 1.66. The summed E-state index contributed by atoms with van der Waals surface area (Å²) in [7, 11) is 0. The van der Waals surface area contributed by atoms with Crippen molar-refractivity contribution in [3.05, 3.63) is 35.9 Å². The van der Waals surface area contributed by atoms with E-state index < -0.39 is 5.41 Å². The van der Waals surface area contributed by atoms with Crippen molar-refractivity contribution in [1.29, 1.82) is 5.26 Å². The van der Waals surface area contributed by atoms with Crippen LogP contribution in [0.4, 0.5) is 0 Å². The molecule has 0 radical (unpaired) electrons. The summed E-state index contributed by atoms with van der Waals surface area (Å²) in [5.41, 5.74) is 0.590. The zero-order chi connectivity index (χ0) is 16.3. The number of benzene rings is 1. The minimum absolute atomic E-state index is 0.0370. The smallest absolute Gasteiger partial charge is 0.225 e. The van der Waals surface area contributed by atoms with Crippen LogP contribution in [0.15, 0.2) is 30.3 Å². The zero-order valence-electron chi connectivity index (χ0n) is 13.4. The SMILES string of the molecule is N#CC1(c2ccccc2)CCN(C(=O)[C@@H]2CCC[C@@H](O)C2)CC1. The highest BCUT2D eigenvalue weighted by atomic mass is 16.3. The van der Waals surface area contributed by atoms with Gasteiger partial charge in [0.25, 0.3) is 0 Å². The first-order chi connectivity index (χ1) is 11.1. The molecule has 1 aliphatic heterocycles. The third-order valence-corrected chi connectivity index (χ3v) is 5.46. The molecule has 122 valence electrons. The molecule has 0 spiro atoms. The van der Waals surface area contributed by atoms with Crippen LogP contribution in [0, 0.1) is 17.2 Å². The number of piperidine rings is 1. The van der Waals surface area contributed by atoms with Crippen molar-refractivity contribution in [2.24, 2.45) is 5.92 Å². The summed E-state index contributed by atoms with van der Waals surface area (Å²) >= 11 is 0. The molecule has 1 saturated heterocycles. The normalized spacial score (nSPS) is 27.2. The highest BCUT2D eigenvalue weighted by Gasteiger charge is 2.39. The highest BCUT2D eigenvalue weighted by Crippen LogP contribution is 2.36. The molecular formula is C19H24N2O2. The molecule has 1 aliphatic carbocycles. The van der Waals surface area contributed by atoms with Gasteiger partial charge in [0, 0.05) is 19.0 Å². The highest BCUT2D eigenvalue weighted by molar-refractivity contribution is 5.79. The molecule has 1 aromatic rings. The fourth-order valence-corrected chi connectivity index (χ4v) is 3.98. The lowest BCUT2D eigenvalue weighted by atomic mass is 9.73. The van der Waals surface area contributed by atoms with Gasteiger partial charge in [-0.2, -0.15) is 5.26 Å². The first-order valence-electron chi connectivity index (χ1n) is 8.58. The molecule has 23 heavy (non-hydrogen) atoms. The number of nitriles is 1. The van der Waals surface area contributed by atoms with Crippen molar-refractivity contribution < 1.29 is 9.90 Å². The lowest BCUT2D eigenvalue weighted by molar-refractivity contribution is -0.139.